The lowest BCUT2D eigenvalue weighted by Gasteiger charge is -2.28. The molecule has 1 aromatic rings. The third kappa shape index (κ3) is 3.07. The third-order valence-electron chi connectivity index (χ3n) is 3.63. The number of carbonyl (C=O) groups excluding carboxylic acids is 1. The summed E-state index contributed by atoms with van der Waals surface area (Å²) in [5, 5.41) is 21.2. The van der Waals surface area contributed by atoms with Gasteiger partial charge in [0, 0.05) is 6.07 Å². The molecule has 1 saturated carbocycles. The fourth-order valence-electron chi connectivity index (χ4n) is 2.69. The minimum Gasteiger partial charge on any atom is -0.507 e. The van der Waals surface area contributed by atoms with E-state index in [1.54, 1.807) is 0 Å². The first-order chi connectivity index (χ1) is 9.42. The molecule has 0 bridgehead atoms. The number of hydrogen-bond acceptors (Lipinski definition) is 3. The summed E-state index contributed by atoms with van der Waals surface area (Å²) in [7, 11) is 0. The molecule has 0 saturated heterocycles. The molecule has 5 nitrogen and oxygen atoms in total. The number of carbonyl (C=O) groups is 2. The second-order valence-corrected chi connectivity index (χ2v) is 5.17. The van der Waals surface area contributed by atoms with Crippen LogP contribution >= 0.6 is 0 Å². The molecule has 1 aliphatic rings. The minimum absolute atomic E-state index is 0.0527. The SMILES string of the molecule is O=C(O)CC1(NC(=O)c2ccc(F)cc2O)CCCC1. The topological polar surface area (TPSA) is 86.6 Å². The van der Waals surface area contributed by atoms with Crippen LogP contribution in [0.4, 0.5) is 4.39 Å². The van der Waals surface area contributed by atoms with Crippen LogP contribution in [-0.4, -0.2) is 27.6 Å². The molecule has 1 aromatic carbocycles. The van der Waals surface area contributed by atoms with Crippen LogP contribution < -0.4 is 5.32 Å². The van der Waals surface area contributed by atoms with Crippen molar-refractivity contribution in [2.45, 2.75) is 37.6 Å². The summed E-state index contributed by atoms with van der Waals surface area (Å²) in [4.78, 5) is 23.1. The minimum atomic E-state index is -0.976. The van der Waals surface area contributed by atoms with Crippen molar-refractivity contribution in [2.75, 3.05) is 0 Å². The van der Waals surface area contributed by atoms with Gasteiger partial charge in [-0.05, 0) is 25.0 Å². The molecule has 0 unspecified atom stereocenters. The Morgan fingerprint density at radius 3 is 2.50 bits per heavy atom. The number of phenols is 1. The van der Waals surface area contributed by atoms with Crippen molar-refractivity contribution in [2.24, 2.45) is 0 Å². The van der Waals surface area contributed by atoms with E-state index in [4.69, 9.17) is 5.11 Å². The Kier molecular flexibility index (Phi) is 3.92. The van der Waals surface area contributed by atoms with Gasteiger partial charge in [0.15, 0.2) is 0 Å². The molecular weight excluding hydrogens is 265 g/mol. The highest BCUT2D eigenvalue weighted by atomic mass is 19.1. The van der Waals surface area contributed by atoms with Crippen LogP contribution in [0, 0.1) is 5.82 Å². The summed E-state index contributed by atoms with van der Waals surface area (Å²) in [6.45, 7) is 0. The van der Waals surface area contributed by atoms with Gasteiger partial charge < -0.3 is 15.5 Å². The van der Waals surface area contributed by atoms with Crippen LogP contribution in [0.2, 0.25) is 0 Å². The van der Waals surface area contributed by atoms with Crippen molar-refractivity contribution in [3.63, 3.8) is 0 Å². The second-order valence-electron chi connectivity index (χ2n) is 5.17. The maximum absolute atomic E-state index is 12.9. The molecule has 1 aliphatic carbocycles. The van der Waals surface area contributed by atoms with Gasteiger partial charge in [-0.3, -0.25) is 9.59 Å². The number of aliphatic carboxylic acids is 1. The third-order valence-corrected chi connectivity index (χ3v) is 3.63. The van der Waals surface area contributed by atoms with Gasteiger partial charge in [0.25, 0.3) is 5.91 Å². The van der Waals surface area contributed by atoms with Crippen molar-refractivity contribution in [1.29, 1.82) is 0 Å². The van der Waals surface area contributed by atoms with Crippen molar-refractivity contribution < 1.29 is 24.2 Å². The van der Waals surface area contributed by atoms with E-state index in [0.717, 1.165) is 25.0 Å². The first-order valence-corrected chi connectivity index (χ1v) is 6.45. The summed E-state index contributed by atoms with van der Waals surface area (Å²) in [5.74, 6) is -2.65. The normalized spacial score (nSPS) is 16.9. The first-order valence-electron chi connectivity index (χ1n) is 6.45. The summed E-state index contributed by atoms with van der Waals surface area (Å²) in [6, 6.07) is 3.12. The number of carboxylic acids is 1. The Hall–Kier alpha value is -2.11. The van der Waals surface area contributed by atoms with E-state index in [2.05, 4.69) is 5.32 Å². The van der Waals surface area contributed by atoms with Gasteiger partial charge >= 0.3 is 5.97 Å². The number of aromatic hydroxyl groups is 1. The number of amides is 1. The van der Waals surface area contributed by atoms with Crippen LogP contribution in [0.5, 0.6) is 5.75 Å². The number of halogens is 1. The van der Waals surface area contributed by atoms with Crippen LogP contribution in [0.25, 0.3) is 0 Å². The van der Waals surface area contributed by atoms with E-state index >= 15 is 0 Å². The quantitative estimate of drug-likeness (QED) is 0.788. The Morgan fingerprint density at radius 2 is 1.95 bits per heavy atom. The predicted molar refractivity (Wildman–Crippen MR) is 69.0 cm³/mol. The number of carboxylic acid groups (broad SMARTS) is 1. The second kappa shape index (κ2) is 5.48. The highest BCUT2D eigenvalue weighted by Gasteiger charge is 2.37. The highest BCUT2D eigenvalue weighted by molar-refractivity contribution is 5.97. The van der Waals surface area contributed by atoms with Crippen LogP contribution in [0.3, 0.4) is 0 Å². The van der Waals surface area contributed by atoms with Gasteiger partial charge in [-0.15, -0.1) is 0 Å². The standard InChI is InChI=1S/C14H16FNO4/c15-9-3-4-10(11(17)7-9)13(20)16-14(8-12(18)19)5-1-2-6-14/h3-4,7,17H,1-2,5-6,8H2,(H,16,20)(H,18,19). The Balaban J connectivity index is 2.18. The predicted octanol–water partition coefficient (Wildman–Crippen LogP) is 2.05. The van der Waals surface area contributed by atoms with Crippen molar-refractivity contribution in [3.05, 3.63) is 29.6 Å². The van der Waals surface area contributed by atoms with E-state index in [1.807, 2.05) is 0 Å². The number of nitrogens with one attached hydrogen (secondary N) is 1. The van der Waals surface area contributed by atoms with Gasteiger partial charge in [0.05, 0.1) is 17.5 Å². The Morgan fingerprint density at radius 1 is 1.30 bits per heavy atom. The van der Waals surface area contributed by atoms with Crippen molar-refractivity contribution in [1.82, 2.24) is 5.32 Å². The molecule has 1 amide bonds. The Labute approximate surface area is 115 Å². The van der Waals surface area contributed by atoms with Crippen molar-refractivity contribution in [3.8, 4) is 5.75 Å². The highest BCUT2D eigenvalue weighted by Crippen LogP contribution is 2.33. The lowest BCUT2D eigenvalue weighted by Crippen LogP contribution is -2.47. The number of hydrogen-bond donors (Lipinski definition) is 3. The molecule has 0 heterocycles. The van der Waals surface area contributed by atoms with Gasteiger partial charge in [0.2, 0.25) is 0 Å². The zero-order valence-corrected chi connectivity index (χ0v) is 10.9. The molecule has 2 rings (SSSR count). The smallest absolute Gasteiger partial charge is 0.305 e. The van der Waals surface area contributed by atoms with E-state index in [1.165, 1.54) is 6.07 Å². The number of benzene rings is 1. The molecule has 20 heavy (non-hydrogen) atoms. The van der Waals surface area contributed by atoms with E-state index in [9.17, 15) is 19.1 Å². The monoisotopic (exact) mass is 281 g/mol. The maximum atomic E-state index is 12.9. The molecule has 108 valence electrons. The van der Waals surface area contributed by atoms with Crippen LogP contribution in [-0.2, 0) is 4.79 Å². The average Bonchev–Trinajstić information content (AvgIpc) is 2.75. The summed E-state index contributed by atoms with van der Waals surface area (Å²) >= 11 is 0. The zero-order valence-electron chi connectivity index (χ0n) is 10.9. The van der Waals surface area contributed by atoms with Gasteiger partial charge in [-0.1, -0.05) is 12.8 Å². The van der Waals surface area contributed by atoms with Gasteiger partial charge in [-0.25, -0.2) is 4.39 Å². The van der Waals surface area contributed by atoms with Gasteiger partial charge in [-0.2, -0.15) is 0 Å². The van der Waals surface area contributed by atoms with E-state index < -0.39 is 29.0 Å². The van der Waals surface area contributed by atoms with E-state index in [0.29, 0.717) is 12.8 Å². The molecule has 0 atom stereocenters. The molecule has 0 spiro atoms. The fraction of sp³-hybridized carbons (Fsp3) is 0.429. The maximum Gasteiger partial charge on any atom is 0.305 e. The number of phenolic OH excluding ortho intramolecular Hbond substituents is 1. The summed E-state index contributed by atoms with van der Waals surface area (Å²) < 4.78 is 12.9. The van der Waals surface area contributed by atoms with Crippen LogP contribution in [0.1, 0.15) is 42.5 Å². The van der Waals surface area contributed by atoms with Crippen LogP contribution in [0.15, 0.2) is 18.2 Å². The molecule has 1 fully saturated rings. The van der Waals surface area contributed by atoms with Gasteiger partial charge in [0.1, 0.15) is 11.6 Å². The summed E-state index contributed by atoms with van der Waals surface area (Å²) in [6.07, 6.45) is 2.73. The summed E-state index contributed by atoms with van der Waals surface area (Å²) in [5.41, 5.74) is -0.827. The molecule has 0 aliphatic heterocycles. The van der Waals surface area contributed by atoms with E-state index in [-0.39, 0.29) is 12.0 Å². The molecule has 3 N–H and O–H groups in total. The van der Waals surface area contributed by atoms with Crippen molar-refractivity contribution >= 4 is 11.9 Å². The lowest BCUT2D eigenvalue weighted by atomic mass is 9.92. The molecular formula is C14H16FNO4. The Bertz CT molecular complexity index is 538. The lowest BCUT2D eigenvalue weighted by molar-refractivity contribution is -0.138. The fourth-order valence-corrected chi connectivity index (χ4v) is 2.69. The average molecular weight is 281 g/mol. The zero-order chi connectivity index (χ0) is 14.8. The molecule has 0 radical (unpaired) electrons. The molecule has 0 aromatic heterocycles. The first kappa shape index (κ1) is 14.3. The largest absolute Gasteiger partial charge is 0.507 e. The molecule has 6 heteroatoms. The number of rotatable bonds is 4.